The molecule has 0 atom stereocenters. The monoisotopic (exact) mass is 172 g/mol. The van der Waals surface area contributed by atoms with Crippen molar-refractivity contribution in [1.82, 2.24) is 0 Å². The molecule has 0 saturated heterocycles. The highest BCUT2D eigenvalue weighted by molar-refractivity contribution is 6.32. The molecule has 0 aliphatic heterocycles. The highest BCUT2D eigenvalue weighted by atomic mass is 16.4. The van der Waals surface area contributed by atoms with Crippen LogP contribution >= 0.6 is 0 Å². The molecule has 0 fully saturated rings. The molecule has 0 saturated carbocycles. The molecule has 1 N–H and O–H groups in total. The summed E-state index contributed by atoms with van der Waals surface area (Å²) in [5.41, 5.74) is 0. The van der Waals surface area contributed by atoms with Gasteiger partial charge in [-0.2, -0.15) is 0 Å². The maximum atomic E-state index is 10.7. The van der Waals surface area contributed by atoms with Gasteiger partial charge in [-0.15, -0.1) is 0 Å². The summed E-state index contributed by atoms with van der Waals surface area (Å²) in [7, 11) is 0. The number of hydrogen-bond acceptors (Lipinski definition) is 3. The zero-order valence-corrected chi connectivity index (χ0v) is 7.00. The fourth-order valence-electron chi connectivity index (χ4n) is 0.730. The molecule has 0 aliphatic carbocycles. The van der Waals surface area contributed by atoms with Gasteiger partial charge in [0.2, 0.25) is 5.78 Å². The van der Waals surface area contributed by atoms with Crippen LogP contribution in [0.25, 0.3) is 0 Å². The number of carboxylic acids is 1. The van der Waals surface area contributed by atoms with E-state index in [4.69, 9.17) is 5.11 Å². The van der Waals surface area contributed by atoms with Gasteiger partial charge in [-0.1, -0.05) is 6.92 Å². The summed E-state index contributed by atoms with van der Waals surface area (Å²) in [6.07, 6.45) is 1.05. The number of carboxylic acid groups (broad SMARTS) is 1. The highest BCUT2D eigenvalue weighted by Crippen LogP contribution is 1.99. The summed E-state index contributed by atoms with van der Waals surface area (Å²) in [5, 5.41) is 8.17. The second-order valence-electron chi connectivity index (χ2n) is 2.47. The SMILES string of the molecule is CCC(=O)CCCC(=O)C(=O)O. The molecular formula is C8H12O4. The molecule has 68 valence electrons. The van der Waals surface area contributed by atoms with Crippen LogP contribution in [0, 0.1) is 0 Å². The number of hydrogen-bond donors (Lipinski definition) is 1. The Morgan fingerprint density at radius 2 is 1.75 bits per heavy atom. The van der Waals surface area contributed by atoms with E-state index in [9.17, 15) is 14.4 Å². The number of carbonyl (C=O) groups is 3. The quantitative estimate of drug-likeness (QED) is 0.601. The minimum Gasteiger partial charge on any atom is -0.476 e. The third-order valence-electron chi connectivity index (χ3n) is 1.49. The molecule has 0 unspecified atom stereocenters. The van der Waals surface area contributed by atoms with E-state index in [1.165, 1.54) is 0 Å². The molecular weight excluding hydrogens is 160 g/mol. The van der Waals surface area contributed by atoms with Gasteiger partial charge in [-0.3, -0.25) is 9.59 Å². The van der Waals surface area contributed by atoms with Crippen molar-refractivity contribution in [3.05, 3.63) is 0 Å². The first kappa shape index (κ1) is 10.8. The maximum absolute atomic E-state index is 10.7. The van der Waals surface area contributed by atoms with Crippen LogP contribution in [0.15, 0.2) is 0 Å². The number of rotatable bonds is 6. The van der Waals surface area contributed by atoms with Crippen LogP contribution < -0.4 is 0 Å². The fourth-order valence-corrected chi connectivity index (χ4v) is 0.730. The lowest BCUT2D eigenvalue weighted by atomic mass is 10.1. The number of aliphatic carboxylic acids is 1. The third-order valence-corrected chi connectivity index (χ3v) is 1.49. The largest absolute Gasteiger partial charge is 0.476 e. The van der Waals surface area contributed by atoms with Crippen molar-refractivity contribution in [2.75, 3.05) is 0 Å². The highest BCUT2D eigenvalue weighted by Gasteiger charge is 2.10. The summed E-state index contributed by atoms with van der Waals surface area (Å²) < 4.78 is 0. The van der Waals surface area contributed by atoms with E-state index >= 15 is 0 Å². The zero-order valence-electron chi connectivity index (χ0n) is 7.00. The first-order chi connectivity index (χ1) is 5.57. The molecule has 0 aromatic rings. The standard InChI is InChI=1S/C8H12O4/c1-2-6(9)4-3-5-7(10)8(11)12/h2-5H2,1H3,(H,11,12). The van der Waals surface area contributed by atoms with E-state index in [2.05, 4.69) is 0 Å². The van der Waals surface area contributed by atoms with Gasteiger partial charge >= 0.3 is 5.97 Å². The second kappa shape index (κ2) is 5.46. The Labute approximate surface area is 70.6 Å². The van der Waals surface area contributed by atoms with E-state index in [0.29, 0.717) is 19.3 Å². The fraction of sp³-hybridized carbons (Fsp3) is 0.625. The third kappa shape index (κ3) is 4.60. The van der Waals surface area contributed by atoms with Gasteiger partial charge in [-0.05, 0) is 6.42 Å². The second-order valence-corrected chi connectivity index (χ2v) is 2.47. The average Bonchev–Trinajstić information content (AvgIpc) is 2.03. The summed E-state index contributed by atoms with van der Waals surface area (Å²) in [4.78, 5) is 31.2. The molecule has 0 amide bonds. The van der Waals surface area contributed by atoms with Gasteiger partial charge < -0.3 is 5.11 Å². The molecule has 0 bridgehead atoms. The van der Waals surface area contributed by atoms with Crippen LogP contribution in [0.3, 0.4) is 0 Å². The predicted molar refractivity (Wildman–Crippen MR) is 41.8 cm³/mol. The lowest BCUT2D eigenvalue weighted by Crippen LogP contribution is -2.12. The summed E-state index contributed by atoms with van der Waals surface area (Å²) >= 11 is 0. The molecule has 0 aliphatic rings. The normalized spacial score (nSPS) is 9.42. The number of carbonyl (C=O) groups excluding carboxylic acids is 2. The predicted octanol–water partition coefficient (Wildman–Crippen LogP) is 0.789. The van der Waals surface area contributed by atoms with Crippen molar-refractivity contribution in [3.8, 4) is 0 Å². The molecule has 12 heavy (non-hydrogen) atoms. The zero-order chi connectivity index (χ0) is 9.56. The maximum Gasteiger partial charge on any atom is 0.372 e. The van der Waals surface area contributed by atoms with Gasteiger partial charge in [0.05, 0.1) is 0 Å². The van der Waals surface area contributed by atoms with E-state index in [1.807, 2.05) is 0 Å². The van der Waals surface area contributed by atoms with Crippen molar-refractivity contribution in [3.63, 3.8) is 0 Å². The molecule has 0 spiro atoms. The molecule has 0 aromatic heterocycles. The molecule has 4 nitrogen and oxygen atoms in total. The number of Topliss-reactive ketones (excluding diaryl/α,β-unsaturated/α-hetero) is 2. The summed E-state index contributed by atoms with van der Waals surface area (Å²) in [6, 6.07) is 0. The average molecular weight is 172 g/mol. The first-order valence-corrected chi connectivity index (χ1v) is 3.85. The van der Waals surface area contributed by atoms with E-state index < -0.39 is 11.8 Å². The minimum atomic E-state index is -1.42. The van der Waals surface area contributed by atoms with Crippen LogP contribution in [0.4, 0.5) is 0 Å². The van der Waals surface area contributed by atoms with Crippen LogP contribution in [0.5, 0.6) is 0 Å². The molecule has 0 radical (unpaired) electrons. The molecule has 0 aromatic carbocycles. The van der Waals surface area contributed by atoms with E-state index in [0.717, 1.165) is 0 Å². The first-order valence-electron chi connectivity index (χ1n) is 3.85. The Hall–Kier alpha value is -1.19. The van der Waals surface area contributed by atoms with Crippen molar-refractivity contribution in [2.24, 2.45) is 0 Å². The molecule has 0 heterocycles. The van der Waals surface area contributed by atoms with Crippen molar-refractivity contribution in [1.29, 1.82) is 0 Å². The Morgan fingerprint density at radius 3 is 2.17 bits per heavy atom. The van der Waals surface area contributed by atoms with Crippen LogP contribution in [-0.2, 0) is 14.4 Å². The van der Waals surface area contributed by atoms with Crippen molar-refractivity contribution >= 4 is 17.5 Å². The Kier molecular flexibility index (Phi) is 4.92. The summed E-state index contributed by atoms with van der Waals surface area (Å²) in [5.74, 6) is -2.17. The van der Waals surface area contributed by atoms with Crippen LogP contribution in [-0.4, -0.2) is 22.6 Å². The topological polar surface area (TPSA) is 71.4 Å². The Balaban J connectivity index is 3.50. The van der Waals surface area contributed by atoms with Gasteiger partial charge in [-0.25, -0.2) is 4.79 Å². The smallest absolute Gasteiger partial charge is 0.372 e. The van der Waals surface area contributed by atoms with Crippen LogP contribution in [0.1, 0.15) is 32.6 Å². The van der Waals surface area contributed by atoms with Gasteiger partial charge in [0, 0.05) is 19.3 Å². The molecule has 0 rings (SSSR count). The van der Waals surface area contributed by atoms with E-state index in [-0.39, 0.29) is 12.2 Å². The minimum absolute atomic E-state index is 0.0406. The Bertz CT molecular complexity index is 195. The van der Waals surface area contributed by atoms with Crippen molar-refractivity contribution in [2.45, 2.75) is 32.6 Å². The Morgan fingerprint density at radius 1 is 1.17 bits per heavy atom. The van der Waals surface area contributed by atoms with Gasteiger partial charge in [0.1, 0.15) is 5.78 Å². The van der Waals surface area contributed by atoms with Gasteiger partial charge in [0.15, 0.2) is 0 Å². The van der Waals surface area contributed by atoms with Crippen molar-refractivity contribution < 1.29 is 19.5 Å². The van der Waals surface area contributed by atoms with Gasteiger partial charge in [0.25, 0.3) is 0 Å². The lowest BCUT2D eigenvalue weighted by molar-refractivity contribution is -0.149. The van der Waals surface area contributed by atoms with Crippen LogP contribution in [0.2, 0.25) is 0 Å². The number of ketones is 2. The lowest BCUT2D eigenvalue weighted by Gasteiger charge is -1.94. The summed E-state index contributed by atoms with van der Waals surface area (Å²) in [6.45, 7) is 1.74. The molecule has 4 heteroatoms. The van der Waals surface area contributed by atoms with E-state index in [1.54, 1.807) is 6.92 Å².